The quantitative estimate of drug-likeness (QED) is 0.721. The fraction of sp³-hybridized carbons (Fsp3) is 0.308. The Balaban J connectivity index is 2.72. The van der Waals surface area contributed by atoms with Crippen LogP contribution in [0.3, 0.4) is 0 Å². The topological polar surface area (TPSA) is 20.3 Å². The highest BCUT2D eigenvalue weighted by atomic mass is 35.5. The van der Waals surface area contributed by atoms with E-state index in [1.54, 1.807) is 4.90 Å². The smallest absolute Gasteiger partial charge is 0.265 e. The molecule has 2 nitrogen and oxygen atoms in total. The number of amides is 1. The van der Waals surface area contributed by atoms with E-state index in [4.69, 9.17) is 11.6 Å². The number of hydrogen-bond acceptors (Lipinski definition) is 1. The van der Waals surface area contributed by atoms with Crippen molar-refractivity contribution in [3.8, 4) is 0 Å². The summed E-state index contributed by atoms with van der Waals surface area (Å²) in [5.74, 6) is -0.188. The minimum atomic E-state index is -0.188. The van der Waals surface area contributed by atoms with Crippen molar-refractivity contribution in [1.82, 2.24) is 4.90 Å². The Hall–Kier alpha value is -1.28. The van der Waals surface area contributed by atoms with Crippen LogP contribution in [0.25, 0.3) is 0 Å². The van der Waals surface area contributed by atoms with Crippen molar-refractivity contribution in [2.75, 3.05) is 6.54 Å². The van der Waals surface area contributed by atoms with Gasteiger partial charge in [0.25, 0.3) is 5.91 Å². The molecule has 86 valence electrons. The number of rotatable bonds is 5. The SMILES string of the molecule is C=C(Cl)C(=O)N(CCC)Cc1ccccc1. The zero-order valence-electron chi connectivity index (χ0n) is 9.45. The van der Waals surface area contributed by atoms with Gasteiger partial charge in [-0.2, -0.15) is 0 Å². The molecule has 1 aromatic rings. The lowest BCUT2D eigenvalue weighted by Gasteiger charge is -2.21. The predicted molar refractivity (Wildman–Crippen MR) is 67.1 cm³/mol. The molecular formula is C13H16ClNO. The molecule has 0 aliphatic heterocycles. The highest BCUT2D eigenvalue weighted by molar-refractivity contribution is 6.41. The van der Waals surface area contributed by atoms with Gasteiger partial charge in [0, 0.05) is 13.1 Å². The van der Waals surface area contributed by atoms with Crippen molar-refractivity contribution in [3.05, 3.63) is 47.5 Å². The van der Waals surface area contributed by atoms with Crippen molar-refractivity contribution in [2.24, 2.45) is 0 Å². The van der Waals surface area contributed by atoms with Crippen molar-refractivity contribution in [3.63, 3.8) is 0 Å². The zero-order chi connectivity index (χ0) is 12.0. The van der Waals surface area contributed by atoms with Crippen molar-refractivity contribution in [1.29, 1.82) is 0 Å². The number of hydrogen-bond donors (Lipinski definition) is 0. The highest BCUT2D eigenvalue weighted by Gasteiger charge is 2.14. The average molecular weight is 238 g/mol. The first-order valence-corrected chi connectivity index (χ1v) is 5.70. The maximum Gasteiger partial charge on any atom is 0.265 e. The van der Waals surface area contributed by atoms with Crippen LogP contribution < -0.4 is 0 Å². The summed E-state index contributed by atoms with van der Waals surface area (Å²) in [5, 5.41) is 0.0735. The second-order valence-electron chi connectivity index (χ2n) is 3.62. The van der Waals surface area contributed by atoms with E-state index < -0.39 is 0 Å². The molecule has 0 saturated carbocycles. The van der Waals surface area contributed by atoms with E-state index in [-0.39, 0.29) is 10.9 Å². The first-order valence-electron chi connectivity index (χ1n) is 5.32. The molecule has 0 heterocycles. The van der Waals surface area contributed by atoms with Gasteiger partial charge < -0.3 is 4.90 Å². The third kappa shape index (κ3) is 3.70. The molecule has 0 spiro atoms. The van der Waals surface area contributed by atoms with Crippen LogP contribution in [0.15, 0.2) is 41.9 Å². The van der Waals surface area contributed by atoms with E-state index in [9.17, 15) is 4.79 Å². The number of carbonyl (C=O) groups excluding carboxylic acids is 1. The number of benzene rings is 1. The molecule has 3 heteroatoms. The van der Waals surface area contributed by atoms with E-state index in [1.807, 2.05) is 37.3 Å². The molecule has 0 fully saturated rings. The largest absolute Gasteiger partial charge is 0.334 e. The standard InChI is InChI=1S/C13H16ClNO/c1-3-9-15(13(16)11(2)14)10-12-7-5-4-6-8-12/h4-8H,2-3,9-10H2,1H3. The van der Waals surface area contributed by atoms with Crippen molar-refractivity contribution >= 4 is 17.5 Å². The van der Waals surface area contributed by atoms with Crippen LogP contribution in [0.4, 0.5) is 0 Å². The van der Waals surface area contributed by atoms with E-state index in [1.165, 1.54) is 0 Å². The zero-order valence-corrected chi connectivity index (χ0v) is 10.2. The summed E-state index contributed by atoms with van der Waals surface area (Å²) >= 11 is 5.64. The van der Waals surface area contributed by atoms with Crippen LogP contribution in [0, 0.1) is 0 Å². The first-order chi connectivity index (χ1) is 7.65. The van der Waals surface area contributed by atoms with E-state index in [0.29, 0.717) is 13.1 Å². The lowest BCUT2D eigenvalue weighted by Crippen LogP contribution is -2.31. The van der Waals surface area contributed by atoms with Crippen LogP contribution in [0.2, 0.25) is 0 Å². The van der Waals surface area contributed by atoms with Gasteiger partial charge in [-0.15, -0.1) is 0 Å². The van der Waals surface area contributed by atoms with Gasteiger partial charge in [0.05, 0.1) is 5.03 Å². The Morgan fingerprint density at radius 2 is 2.00 bits per heavy atom. The van der Waals surface area contributed by atoms with Gasteiger partial charge in [0.15, 0.2) is 0 Å². The molecule has 16 heavy (non-hydrogen) atoms. The van der Waals surface area contributed by atoms with Gasteiger partial charge in [-0.25, -0.2) is 0 Å². The second-order valence-corrected chi connectivity index (χ2v) is 4.07. The summed E-state index contributed by atoms with van der Waals surface area (Å²) in [6.07, 6.45) is 0.905. The molecule has 0 atom stereocenters. The lowest BCUT2D eigenvalue weighted by atomic mass is 10.2. The molecular weight excluding hydrogens is 222 g/mol. The number of nitrogens with zero attached hydrogens (tertiary/aromatic N) is 1. The van der Waals surface area contributed by atoms with Gasteiger partial charge in [0.1, 0.15) is 0 Å². The summed E-state index contributed by atoms with van der Waals surface area (Å²) in [4.78, 5) is 13.4. The molecule has 0 aromatic heterocycles. The predicted octanol–water partition coefficient (Wildman–Crippen LogP) is 3.18. The van der Waals surface area contributed by atoms with Crippen molar-refractivity contribution in [2.45, 2.75) is 19.9 Å². The summed E-state index contributed by atoms with van der Waals surface area (Å²) in [5.41, 5.74) is 1.10. The fourth-order valence-corrected chi connectivity index (χ4v) is 1.62. The van der Waals surface area contributed by atoms with E-state index >= 15 is 0 Å². The van der Waals surface area contributed by atoms with Crippen molar-refractivity contribution < 1.29 is 4.79 Å². The Morgan fingerprint density at radius 3 is 2.50 bits per heavy atom. The summed E-state index contributed by atoms with van der Waals surface area (Å²) < 4.78 is 0. The Bertz CT molecular complexity index is 361. The molecule has 0 radical (unpaired) electrons. The highest BCUT2D eigenvalue weighted by Crippen LogP contribution is 2.10. The van der Waals surface area contributed by atoms with Gasteiger partial charge in [-0.3, -0.25) is 4.79 Å². The molecule has 1 rings (SSSR count). The molecule has 0 aliphatic carbocycles. The van der Waals surface area contributed by atoms with Gasteiger partial charge in [-0.05, 0) is 12.0 Å². The van der Waals surface area contributed by atoms with E-state index in [0.717, 1.165) is 12.0 Å². The van der Waals surface area contributed by atoms with Gasteiger partial charge in [-0.1, -0.05) is 55.4 Å². The normalized spacial score (nSPS) is 9.88. The Kier molecular flexibility index (Phi) is 5.06. The molecule has 1 aromatic carbocycles. The third-order valence-corrected chi connectivity index (χ3v) is 2.39. The lowest BCUT2D eigenvalue weighted by molar-refractivity contribution is -0.127. The van der Waals surface area contributed by atoms with Crippen LogP contribution in [0.1, 0.15) is 18.9 Å². The molecule has 0 unspecified atom stereocenters. The Morgan fingerprint density at radius 1 is 1.38 bits per heavy atom. The molecule has 1 amide bonds. The maximum atomic E-state index is 11.7. The summed E-state index contributed by atoms with van der Waals surface area (Å²) in [6, 6.07) is 9.86. The Labute approximate surface area is 102 Å². The summed E-state index contributed by atoms with van der Waals surface area (Å²) in [7, 11) is 0. The fourth-order valence-electron chi connectivity index (χ4n) is 1.50. The molecule has 0 bridgehead atoms. The van der Waals surface area contributed by atoms with Crippen LogP contribution in [-0.4, -0.2) is 17.4 Å². The minimum absolute atomic E-state index is 0.0735. The summed E-state index contributed by atoms with van der Waals surface area (Å²) in [6.45, 7) is 6.78. The monoisotopic (exact) mass is 237 g/mol. The van der Waals surface area contributed by atoms with Crippen LogP contribution in [-0.2, 0) is 11.3 Å². The molecule has 0 saturated heterocycles. The van der Waals surface area contributed by atoms with E-state index in [2.05, 4.69) is 6.58 Å². The van der Waals surface area contributed by atoms with Gasteiger partial charge >= 0.3 is 0 Å². The molecule has 0 aliphatic rings. The first kappa shape index (κ1) is 12.8. The minimum Gasteiger partial charge on any atom is -0.334 e. The van der Waals surface area contributed by atoms with Gasteiger partial charge in [0.2, 0.25) is 0 Å². The number of halogens is 1. The maximum absolute atomic E-state index is 11.7. The third-order valence-electron chi connectivity index (χ3n) is 2.23. The van der Waals surface area contributed by atoms with Crippen LogP contribution >= 0.6 is 11.6 Å². The van der Waals surface area contributed by atoms with Crippen LogP contribution in [0.5, 0.6) is 0 Å². The number of carbonyl (C=O) groups is 1. The second kappa shape index (κ2) is 6.33. The molecule has 0 N–H and O–H groups in total. The average Bonchev–Trinajstić information content (AvgIpc) is 2.29.